The second-order valence-corrected chi connectivity index (χ2v) is 6.14. The highest BCUT2D eigenvalue weighted by Gasteiger charge is 2.35. The minimum Gasteiger partial charge on any atom is -0.391 e. The fourth-order valence-corrected chi connectivity index (χ4v) is 4.11. The molecular formula is C14H26N2O. The van der Waals surface area contributed by atoms with Gasteiger partial charge in [-0.3, -0.25) is 4.90 Å². The maximum Gasteiger partial charge on any atom is 0.0695 e. The minimum atomic E-state index is -0.0452. The van der Waals surface area contributed by atoms with Crippen LogP contribution in [0.3, 0.4) is 0 Å². The van der Waals surface area contributed by atoms with Gasteiger partial charge in [0.1, 0.15) is 0 Å². The zero-order chi connectivity index (χ0) is 11.7. The van der Waals surface area contributed by atoms with Crippen molar-refractivity contribution < 1.29 is 5.11 Å². The summed E-state index contributed by atoms with van der Waals surface area (Å²) in [5.74, 6) is 0.896. The van der Waals surface area contributed by atoms with Gasteiger partial charge in [-0.05, 0) is 70.5 Å². The number of nitrogens with one attached hydrogen (secondary N) is 1. The SMILES string of the molecule is OC1CCCC1N1CCC(C2CCCN2)CC1. The van der Waals surface area contributed by atoms with Crippen molar-refractivity contribution in [2.75, 3.05) is 19.6 Å². The summed E-state index contributed by atoms with van der Waals surface area (Å²) >= 11 is 0. The largest absolute Gasteiger partial charge is 0.391 e. The number of piperidine rings is 1. The fourth-order valence-electron chi connectivity index (χ4n) is 4.11. The summed E-state index contributed by atoms with van der Waals surface area (Å²) in [6.45, 7) is 3.65. The lowest BCUT2D eigenvalue weighted by Crippen LogP contribution is -2.47. The van der Waals surface area contributed by atoms with Crippen LogP contribution in [0.2, 0.25) is 0 Å². The highest BCUT2D eigenvalue weighted by Crippen LogP contribution is 2.30. The van der Waals surface area contributed by atoms with Crippen LogP contribution in [-0.2, 0) is 0 Å². The lowest BCUT2D eigenvalue weighted by Gasteiger charge is -2.39. The number of likely N-dealkylation sites (tertiary alicyclic amines) is 1. The van der Waals surface area contributed by atoms with Crippen molar-refractivity contribution in [2.24, 2.45) is 5.92 Å². The number of nitrogens with zero attached hydrogens (tertiary/aromatic N) is 1. The van der Waals surface area contributed by atoms with Gasteiger partial charge in [0.15, 0.2) is 0 Å². The molecule has 98 valence electrons. The van der Waals surface area contributed by atoms with Crippen LogP contribution in [0, 0.1) is 5.92 Å². The topological polar surface area (TPSA) is 35.5 Å². The molecule has 2 saturated heterocycles. The summed E-state index contributed by atoms with van der Waals surface area (Å²) < 4.78 is 0. The summed E-state index contributed by atoms with van der Waals surface area (Å²) in [5, 5.41) is 13.6. The molecule has 0 spiro atoms. The average Bonchev–Trinajstić information content (AvgIpc) is 3.00. The molecule has 3 aliphatic rings. The first-order valence-electron chi connectivity index (χ1n) is 7.50. The van der Waals surface area contributed by atoms with Gasteiger partial charge >= 0.3 is 0 Å². The second kappa shape index (κ2) is 5.25. The maximum absolute atomic E-state index is 9.96. The Bertz CT molecular complexity index is 245. The van der Waals surface area contributed by atoms with Crippen LogP contribution in [0.25, 0.3) is 0 Å². The second-order valence-electron chi connectivity index (χ2n) is 6.14. The van der Waals surface area contributed by atoms with E-state index >= 15 is 0 Å². The van der Waals surface area contributed by atoms with Crippen molar-refractivity contribution in [2.45, 2.75) is 63.1 Å². The van der Waals surface area contributed by atoms with Crippen LogP contribution in [-0.4, -0.2) is 47.8 Å². The molecule has 3 fully saturated rings. The van der Waals surface area contributed by atoms with Crippen LogP contribution in [0.15, 0.2) is 0 Å². The molecular weight excluding hydrogens is 212 g/mol. The van der Waals surface area contributed by atoms with E-state index in [0.717, 1.165) is 18.4 Å². The van der Waals surface area contributed by atoms with E-state index in [1.54, 1.807) is 0 Å². The van der Waals surface area contributed by atoms with E-state index in [-0.39, 0.29) is 6.10 Å². The van der Waals surface area contributed by atoms with Gasteiger partial charge in [-0.1, -0.05) is 0 Å². The van der Waals surface area contributed by atoms with Gasteiger partial charge in [0, 0.05) is 12.1 Å². The first-order valence-corrected chi connectivity index (χ1v) is 7.50. The molecule has 2 heterocycles. The first kappa shape index (κ1) is 11.9. The van der Waals surface area contributed by atoms with Crippen molar-refractivity contribution >= 4 is 0 Å². The summed E-state index contributed by atoms with van der Waals surface area (Å²) in [6.07, 6.45) is 8.83. The van der Waals surface area contributed by atoms with E-state index in [0.29, 0.717) is 6.04 Å². The van der Waals surface area contributed by atoms with Crippen LogP contribution < -0.4 is 5.32 Å². The molecule has 1 aliphatic carbocycles. The molecule has 3 atom stereocenters. The Morgan fingerprint density at radius 3 is 2.35 bits per heavy atom. The molecule has 1 saturated carbocycles. The predicted octanol–water partition coefficient (Wildman–Crippen LogP) is 1.36. The molecule has 2 N–H and O–H groups in total. The van der Waals surface area contributed by atoms with Crippen LogP contribution in [0.5, 0.6) is 0 Å². The van der Waals surface area contributed by atoms with Gasteiger partial charge in [0.25, 0.3) is 0 Å². The van der Waals surface area contributed by atoms with Crippen molar-refractivity contribution in [3.05, 3.63) is 0 Å². The Kier molecular flexibility index (Phi) is 3.69. The number of aliphatic hydroxyl groups is 1. The van der Waals surface area contributed by atoms with Gasteiger partial charge < -0.3 is 10.4 Å². The van der Waals surface area contributed by atoms with E-state index in [1.165, 1.54) is 58.2 Å². The van der Waals surface area contributed by atoms with Crippen molar-refractivity contribution in [3.8, 4) is 0 Å². The maximum atomic E-state index is 9.96. The van der Waals surface area contributed by atoms with E-state index in [9.17, 15) is 5.11 Å². The number of aliphatic hydroxyl groups excluding tert-OH is 1. The highest BCUT2D eigenvalue weighted by molar-refractivity contribution is 4.91. The fraction of sp³-hybridized carbons (Fsp3) is 1.00. The summed E-state index contributed by atoms with van der Waals surface area (Å²) in [6, 6.07) is 1.28. The molecule has 3 rings (SSSR count). The van der Waals surface area contributed by atoms with Gasteiger partial charge in [-0.2, -0.15) is 0 Å². The molecule has 2 aliphatic heterocycles. The summed E-state index contributed by atoms with van der Waals surface area (Å²) in [4.78, 5) is 2.56. The molecule has 0 aromatic heterocycles. The molecule has 3 nitrogen and oxygen atoms in total. The number of hydrogen-bond acceptors (Lipinski definition) is 3. The Hall–Kier alpha value is -0.120. The summed E-state index contributed by atoms with van der Waals surface area (Å²) in [5.41, 5.74) is 0. The van der Waals surface area contributed by atoms with E-state index in [2.05, 4.69) is 10.2 Å². The van der Waals surface area contributed by atoms with Crippen molar-refractivity contribution in [1.29, 1.82) is 0 Å². The third-order valence-corrected chi connectivity index (χ3v) is 5.15. The Balaban J connectivity index is 1.49. The molecule has 0 amide bonds. The van der Waals surface area contributed by atoms with Crippen LogP contribution in [0.1, 0.15) is 44.9 Å². The van der Waals surface area contributed by atoms with Gasteiger partial charge in [0.05, 0.1) is 6.10 Å². The standard InChI is InChI=1S/C14H26N2O/c17-14-5-1-4-13(14)16-9-6-11(7-10-16)12-3-2-8-15-12/h11-15,17H,1-10H2. The number of rotatable bonds is 2. The highest BCUT2D eigenvalue weighted by atomic mass is 16.3. The Morgan fingerprint density at radius 2 is 1.76 bits per heavy atom. The normalized spacial score (nSPS) is 41.1. The van der Waals surface area contributed by atoms with Crippen LogP contribution in [0.4, 0.5) is 0 Å². The van der Waals surface area contributed by atoms with Gasteiger partial charge in [-0.15, -0.1) is 0 Å². The zero-order valence-corrected chi connectivity index (χ0v) is 10.8. The minimum absolute atomic E-state index is 0.0452. The Labute approximate surface area is 105 Å². The van der Waals surface area contributed by atoms with Gasteiger partial charge in [0.2, 0.25) is 0 Å². The molecule has 0 aromatic carbocycles. The molecule has 3 heteroatoms. The zero-order valence-electron chi connectivity index (χ0n) is 10.8. The average molecular weight is 238 g/mol. The molecule has 0 radical (unpaired) electrons. The smallest absolute Gasteiger partial charge is 0.0695 e. The molecule has 0 aromatic rings. The molecule has 3 unspecified atom stereocenters. The van der Waals surface area contributed by atoms with E-state index in [1.807, 2.05) is 0 Å². The first-order chi connectivity index (χ1) is 8.34. The third-order valence-electron chi connectivity index (χ3n) is 5.15. The monoisotopic (exact) mass is 238 g/mol. The summed E-state index contributed by atoms with van der Waals surface area (Å²) in [7, 11) is 0. The quantitative estimate of drug-likeness (QED) is 0.762. The molecule has 0 bridgehead atoms. The van der Waals surface area contributed by atoms with Crippen molar-refractivity contribution in [3.63, 3.8) is 0 Å². The lowest BCUT2D eigenvalue weighted by atomic mass is 9.88. The third kappa shape index (κ3) is 2.51. The van der Waals surface area contributed by atoms with Crippen molar-refractivity contribution in [1.82, 2.24) is 10.2 Å². The lowest BCUT2D eigenvalue weighted by molar-refractivity contribution is 0.0441. The van der Waals surface area contributed by atoms with Gasteiger partial charge in [-0.25, -0.2) is 0 Å². The predicted molar refractivity (Wildman–Crippen MR) is 69.0 cm³/mol. The molecule has 17 heavy (non-hydrogen) atoms. The number of hydrogen-bond donors (Lipinski definition) is 2. The van der Waals surface area contributed by atoms with E-state index in [4.69, 9.17) is 0 Å². The van der Waals surface area contributed by atoms with Crippen LogP contribution >= 0.6 is 0 Å². The van der Waals surface area contributed by atoms with E-state index < -0.39 is 0 Å². The Morgan fingerprint density at radius 1 is 0.941 bits per heavy atom.